The summed E-state index contributed by atoms with van der Waals surface area (Å²) < 4.78 is 12.0. The highest BCUT2D eigenvalue weighted by molar-refractivity contribution is 5.22. The first-order chi connectivity index (χ1) is 16.2. The monoisotopic (exact) mass is 500 g/mol. The molecular formula is C26H44O9. The quantitative estimate of drug-likeness (QED) is 0.265. The standard InChI is InChI=1S/C26H44O9/c1-6-24(4)11-13(28)20-25(5)15(7-10-26(20,33)22(24)32)23(2,3)9-8-16(25)35-21-19(31)18(30)17(29)14(12-27)34-21/h6,13-22,27-33H,1,7-12H2,2-5H3. The molecule has 4 rings (SSSR count). The first-order valence-electron chi connectivity index (χ1n) is 12.9. The highest BCUT2D eigenvalue weighted by atomic mass is 16.7. The largest absolute Gasteiger partial charge is 0.394 e. The first-order valence-corrected chi connectivity index (χ1v) is 12.9. The highest BCUT2D eigenvalue weighted by Gasteiger charge is 2.70. The summed E-state index contributed by atoms with van der Waals surface area (Å²) in [6, 6.07) is 0. The number of hydrogen-bond donors (Lipinski definition) is 7. The van der Waals surface area contributed by atoms with Crippen LogP contribution in [0.2, 0.25) is 0 Å². The van der Waals surface area contributed by atoms with Gasteiger partial charge in [0.2, 0.25) is 0 Å². The number of ether oxygens (including phenoxy) is 2. The van der Waals surface area contributed by atoms with Gasteiger partial charge in [-0.1, -0.05) is 33.8 Å². The average Bonchev–Trinajstić information content (AvgIpc) is 2.79. The van der Waals surface area contributed by atoms with Gasteiger partial charge in [-0.3, -0.25) is 0 Å². The van der Waals surface area contributed by atoms with E-state index < -0.39 is 78.0 Å². The first kappa shape index (κ1) is 27.4. The molecule has 0 spiro atoms. The van der Waals surface area contributed by atoms with E-state index in [9.17, 15) is 35.7 Å². The Balaban J connectivity index is 1.73. The predicted octanol–water partition coefficient (Wildman–Crippen LogP) is 0.0729. The molecule has 202 valence electrons. The summed E-state index contributed by atoms with van der Waals surface area (Å²) in [5, 5.41) is 75.5. The molecule has 35 heavy (non-hydrogen) atoms. The topological polar surface area (TPSA) is 160 Å². The van der Waals surface area contributed by atoms with E-state index in [1.165, 1.54) is 0 Å². The third-order valence-electron chi connectivity index (χ3n) is 10.2. The van der Waals surface area contributed by atoms with Crippen molar-refractivity contribution in [2.45, 2.75) is 114 Å². The predicted molar refractivity (Wildman–Crippen MR) is 126 cm³/mol. The van der Waals surface area contributed by atoms with Gasteiger partial charge in [0.15, 0.2) is 6.29 Å². The Morgan fingerprint density at radius 3 is 2.23 bits per heavy atom. The fraction of sp³-hybridized carbons (Fsp3) is 0.923. The van der Waals surface area contributed by atoms with Gasteiger partial charge in [0, 0.05) is 16.7 Å². The molecule has 7 N–H and O–H groups in total. The molecule has 0 radical (unpaired) electrons. The van der Waals surface area contributed by atoms with Crippen molar-refractivity contribution in [1.82, 2.24) is 0 Å². The summed E-state index contributed by atoms with van der Waals surface area (Å²) in [4.78, 5) is 0. The second-order valence-corrected chi connectivity index (χ2v) is 12.7. The lowest BCUT2D eigenvalue weighted by atomic mass is 9.40. The summed E-state index contributed by atoms with van der Waals surface area (Å²) in [6.45, 7) is 11.4. The van der Waals surface area contributed by atoms with Crippen molar-refractivity contribution in [2.24, 2.45) is 28.1 Å². The molecule has 0 aromatic heterocycles. The van der Waals surface area contributed by atoms with E-state index in [4.69, 9.17) is 9.47 Å². The Labute approximate surface area is 207 Å². The van der Waals surface area contributed by atoms with E-state index in [1.54, 1.807) is 13.0 Å². The average molecular weight is 501 g/mol. The van der Waals surface area contributed by atoms with Gasteiger partial charge in [-0.25, -0.2) is 0 Å². The minimum atomic E-state index is -1.57. The van der Waals surface area contributed by atoms with Gasteiger partial charge in [0.1, 0.15) is 24.4 Å². The van der Waals surface area contributed by atoms with Gasteiger partial charge in [-0.2, -0.15) is 0 Å². The maximum Gasteiger partial charge on any atom is 0.186 e. The van der Waals surface area contributed by atoms with Crippen molar-refractivity contribution in [2.75, 3.05) is 6.61 Å². The minimum absolute atomic E-state index is 0.0267. The van der Waals surface area contributed by atoms with E-state index in [0.717, 1.165) is 6.42 Å². The summed E-state index contributed by atoms with van der Waals surface area (Å²) in [5.41, 5.74) is -3.37. The molecule has 13 unspecified atom stereocenters. The van der Waals surface area contributed by atoms with E-state index in [-0.39, 0.29) is 17.8 Å². The van der Waals surface area contributed by atoms with Crippen LogP contribution in [0.15, 0.2) is 12.7 Å². The Morgan fingerprint density at radius 1 is 0.971 bits per heavy atom. The lowest BCUT2D eigenvalue weighted by molar-refractivity contribution is -0.351. The third kappa shape index (κ3) is 3.94. The summed E-state index contributed by atoms with van der Waals surface area (Å²) in [5.74, 6) is -0.690. The van der Waals surface area contributed by atoms with E-state index >= 15 is 0 Å². The van der Waals surface area contributed by atoms with Crippen LogP contribution in [0.3, 0.4) is 0 Å². The molecular weight excluding hydrogens is 456 g/mol. The normalized spacial score (nSPS) is 56.1. The van der Waals surface area contributed by atoms with Gasteiger partial charge in [-0.05, 0) is 43.4 Å². The summed E-state index contributed by atoms with van der Waals surface area (Å²) in [7, 11) is 0. The Morgan fingerprint density at radius 2 is 1.63 bits per heavy atom. The van der Waals surface area contributed by atoms with Gasteiger partial charge < -0.3 is 45.2 Å². The molecule has 0 aromatic rings. The third-order valence-corrected chi connectivity index (χ3v) is 10.2. The molecule has 4 fully saturated rings. The molecule has 0 bridgehead atoms. The van der Waals surface area contributed by atoms with E-state index in [2.05, 4.69) is 20.4 Å². The molecule has 0 aromatic carbocycles. The van der Waals surface area contributed by atoms with Crippen LogP contribution in [0.5, 0.6) is 0 Å². The van der Waals surface area contributed by atoms with Crippen LogP contribution in [0.1, 0.15) is 59.8 Å². The minimum Gasteiger partial charge on any atom is -0.394 e. The van der Waals surface area contributed by atoms with Crippen LogP contribution in [0.4, 0.5) is 0 Å². The Hall–Kier alpha value is -0.620. The van der Waals surface area contributed by atoms with Crippen LogP contribution in [0.25, 0.3) is 0 Å². The maximum absolute atomic E-state index is 12.0. The number of aliphatic hydroxyl groups excluding tert-OH is 6. The van der Waals surface area contributed by atoms with Crippen LogP contribution in [-0.2, 0) is 9.47 Å². The van der Waals surface area contributed by atoms with E-state index in [0.29, 0.717) is 19.3 Å². The van der Waals surface area contributed by atoms with Crippen molar-refractivity contribution >= 4 is 0 Å². The van der Waals surface area contributed by atoms with Crippen LogP contribution in [0, 0.1) is 28.1 Å². The molecule has 1 heterocycles. The molecule has 0 amide bonds. The van der Waals surface area contributed by atoms with Crippen molar-refractivity contribution < 1.29 is 45.2 Å². The van der Waals surface area contributed by atoms with Crippen LogP contribution < -0.4 is 0 Å². The van der Waals surface area contributed by atoms with Crippen LogP contribution >= 0.6 is 0 Å². The van der Waals surface area contributed by atoms with Gasteiger partial charge >= 0.3 is 0 Å². The SMILES string of the molecule is C=CC1(C)CC(O)C2C(O)(CCC3C(C)(C)CCC(OC4OC(CO)C(O)C(O)C4O)C32C)C1O. The number of aliphatic hydroxyl groups is 7. The smallest absolute Gasteiger partial charge is 0.186 e. The molecule has 4 aliphatic rings. The van der Waals surface area contributed by atoms with Gasteiger partial charge in [-0.15, -0.1) is 6.58 Å². The van der Waals surface area contributed by atoms with Gasteiger partial charge in [0.05, 0.1) is 30.5 Å². The zero-order chi connectivity index (χ0) is 26.1. The fourth-order valence-electron chi connectivity index (χ4n) is 8.30. The molecule has 1 aliphatic heterocycles. The van der Waals surface area contributed by atoms with Crippen molar-refractivity contribution in [1.29, 1.82) is 0 Å². The number of fused-ring (bicyclic) bond motifs is 3. The van der Waals surface area contributed by atoms with Crippen LogP contribution in [-0.4, -0.2) is 97.0 Å². The van der Waals surface area contributed by atoms with E-state index in [1.807, 2.05) is 6.92 Å². The molecule has 1 saturated heterocycles. The highest BCUT2D eigenvalue weighted by Crippen LogP contribution is 2.67. The Bertz CT molecular complexity index is 804. The lowest BCUT2D eigenvalue weighted by Crippen LogP contribution is -2.74. The van der Waals surface area contributed by atoms with Crippen molar-refractivity contribution in [3.05, 3.63) is 12.7 Å². The molecule has 9 heteroatoms. The van der Waals surface area contributed by atoms with Crippen molar-refractivity contribution in [3.8, 4) is 0 Å². The summed E-state index contributed by atoms with van der Waals surface area (Å²) in [6.07, 6.45) is -5.53. The van der Waals surface area contributed by atoms with Crippen molar-refractivity contribution in [3.63, 3.8) is 0 Å². The number of hydrogen-bond acceptors (Lipinski definition) is 9. The number of rotatable bonds is 4. The molecule has 13 atom stereocenters. The zero-order valence-electron chi connectivity index (χ0n) is 21.2. The van der Waals surface area contributed by atoms with Gasteiger partial charge in [0.25, 0.3) is 0 Å². The fourth-order valence-corrected chi connectivity index (χ4v) is 8.30. The molecule has 3 saturated carbocycles. The second kappa shape index (κ2) is 8.99. The maximum atomic E-state index is 12.0. The molecule has 3 aliphatic carbocycles. The Kier molecular flexibility index (Phi) is 7.05. The summed E-state index contributed by atoms with van der Waals surface area (Å²) >= 11 is 0. The zero-order valence-corrected chi connectivity index (χ0v) is 21.2. The lowest BCUT2D eigenvalue weighted by Gasteiger charge is -2.68. The second-order valence-electron chi connectivity index (χ2n) is 12.7. The molecule has 9 nitrogen and oxygen atoms in total.